The van der Waals surface area contributed by atoms with E-state index < -0.39 is 0 Å². The van der Waals surface area contributed by atoms with Gasteiger partial charge in [-0.25, -0.2) is 0 Å². The molecule has 0 bridgehead atoms. The summed E-state index contributed by atoms with van der Waals surface area (Å²) in [4.78, 5) is 0. The predicted octanol–water partition coefficient (Wildman–Crippen LogP) is 2.64. The van der Waals surface area contributed by atoms with Crippen LogP contribution in [-0.2, 0) is 0 Å². The van der Waals surface area contributed by atoms with Crippen LogP contribution < -0.4 is 14.2 Å². The third-order valence-corrected chi connectivity index (χ3v) is 2.68. The molecule has 0 aliphatic carbocycles. The molecular weight excluding hydrogens is 232 g/mol. The third kappa shape index (κ3) is 4.45. The van der Waals surface area contributed by atoms with Gasteiger partial charge in [0.25, 0.3) is 0 Å². The van der Waals surface area contributed by atoms with E-state index >= 15 is 0 Å². The number of unbranched alkanes of at least 4 members (excludes halogenated alkanes) is 3. The summed E-state index contributed by atoms with van der Waals surface area (Å²) >= 11 is 0. The number of ether oxygens (including phenoxy) is 3. The standard InChI is InChI=1S/C14H22O4/c1-16-12-8-7-9-13(17-2)14(12)18-11-6-4-3-5-10-15/h7-9,15H,3-6,10-11H2,1-2H3. The van der Waals surface area contributed by atoms with E-state index in [-0.39, 0.29) is 6.61 Å². The largest absolute Gasteiger partial charge is 0.493 e. The fraction of sp³-hybridized carbons (Fsp3) is 0.571. The van der Waals surface area contributed by atoms with E-state index in [9.17, 15) is 0 Å². The topological polar surface area (TPSA) is 47.9 Å². The Kier molecular flexibility index (Phi) is 7.03. The SMILES string of the molecule is COc1cccc(OC)c1OCCCCCCO. The summed E-state index contributed by atoms with van der Waals surface area (Å²) in [5.41, 5.74) is 0. The smallest absolute Gasteiger partial charge is 0.203 e. The van der Waals surface area contributed by atoms with E-state index in [1.54, 1.807) is 14.2 Å². The molecule has 0 fully saturated rings. The first-order chi connectivity index (χ1) is 8.83. The van der Waals surface area contributed by atoms with Gasteiger partial charge in [0, 0.05) is 6.61 Å². The number of rotatable bonds is 9. The number of aliphatic hydroxyl groups is 1. The van der Waals surface area contributed by atoms with Crippen LogP contribution in [0.4, 0.5) is 0 Å². The first kappa shape index (κ1) is 14.6. The lowest BCUT2D eigenvalue weighted by Crippen LogP contribution is -2.01. The monoisotopic (exact) mass is 254 g/mol. The summed E-state index contributed by atoms with van der Waals surface area (Å²) < 4.78 is 16.2. The summed E-state index contributed by atoms with van der Waals surface area (Å²) in [7, 11) is 3.23. The number of methoxy groups -OCH3 is 2. The van der Waals surface area contributed by atoms with Crippen LogP contribution in [0.2, 0.25) is 0 Å². The summed E-state index contributed by atoms with van der Waals surface area (Å²) in [6, 6.07) is 5.57. The lowest BCUT2D eigenvalue weighted by Gasteiger charge is -2.13. The van der Waals surface area contributed by atoms with Crippen LogP contribution in [0.15, 0.2) is 18.2 Å². The van der Waals surface area contributed by atoms with Crippen molar-refractivity contribution in [3.05, 3.63) is 18.2 Å². The van der Waals surface area contributed by atoms with Crippen molar-refractivity contribution in [2.24, 2.45) is 0 Å². The van der Waals surface area contributed by atoms with Crippen LogP contribution in [0, 0.1) is 0 Å². The molecular formula is C14H22O4. The number of aliphatic hydroxyl groups excluding tert-OH is 1. The number of hydrogen-bond donors (Lipinski definition) is 1. The molecule has 0 aliphatic heterocycles. The van der Waals surface area contributed by atoms with Crippen LogP contribution in [0.3, 0.4) is 0 Å². The van der Waals surface area contributed by atoms with Crippen LogP contribution in [0.5, 0.6) is 17.2 Å². The highest BCUT2D eigenvalue weighted by atomic mass is 16.5. The van der Waals surface area contributed by atoms with Gasteiger partial charge < -0.3 is 19.3 Å². The molecule has 0 heterocycles. The van der Waals surface area contributed by atoms with Crippen molar-refractivity contribution in [2.75, 3.05) is 27.4 Å². The number of hydrogen-bond acceptors (Lipinski definition) is 4. The van der Waals surface area contributed by atoms with Gasteiger partial charge >= 0.3 is 0 Å². The van der Waals surface area contributed by atoms with E-state index in [1.165, 1.54) is 0 Å². The van der Waals surface area contributed by atoms with Gasteiger partial charge in [-0.2, -0.15) is 0 Å². The first-order valence-electron chi connectivity index (χ1n) is 6.28. The minimum Gasteiger partial charge on any atom is -0.493 e. The predicted molar refractivity (Wildman–Crippen MR) is 70.6 cm³/mol. The second-order valence-electron chi connectivity index (χ2n) is 3.98. The lowest BCUT2D eigenvalue weighted by atomic mass is 10.2. The Bertz CT molecular complexity index is 316. The van der Waals surface area contributed by atoms with Gasteiger partial charge in [0.05, 0.1) is 20.8 Å². The van der Waals surface area contributed by atoms with Crippen molar-refractivity contribution in [1.29, 1.82) is 0 Å². The average molecular weight is 254 g/mol. The molecule has 0 saturated heterocycles. The maximum Gasteiger partial charge on any atom is 0.203 e. The van der Waals surface area contributed by atoms with Crippen LogP contribution in [0.25, 0.3) is 0 Å². The van der Waals surface area contributed by atoms with Crippen molar-refractivity contribution in [1.82, 2.24) is 0 Å². The molecule has 0 saturated carbocycles. The van der Waals surface area contributed by atoms with E-state index in [0.29, 0.717) is 23.9 Å². The molecule has 18 heavy (non-hydrogen) atoms. The average Bonchev–Trinajstić information content (AvgIpc) is 2.42. The summed E-state index contributed by atoms with van der Waals surface area (Å²) in [6.07, 6.45) is 3.90. The molecule has 1 aromatic rings. The first-order valence-corrected chi connectivity index (χ1v) is 6.28. The van der Waals surface area contributed by atoms with E-state index in [0.717, 1.165) is 25.7 Å². The zero-order valence-electron chi connectivity index (χ0n) is 11.1. The Morgan fingerprint density at radius 1 is 0.944 bits per heavy atom. The molecule has 4 nitrogen and oxygen atoms in total. The molecule has 1 N–H and O–H groups in total. The van der Waals surface area contributed by atoms with Gasteiger partial charge in [0.2, 0.25) is 5.75 Å². The van der Waals surface area contributed by atoms with Crippen LogP contribution >= 0.6 is 0 Å². The lowest BCUT2D eigenvalue weighted by molar-refractivity contribution is 0.259. The second-order valence-corrected chi connectivity index (χ2v) is 3.98. The van der Waals surface area contributed by atoms with Crippen molar-refractivity contribution in [3.8, 4) is 17.2 Å². The van der Waals surface area contributed by atoms with E-state index in [4.69, 9.17) is 19.3 Å². The van der Waals surface area contributed by atoms with Gasteiger partial charge in [-0.15, -0.1) is 0 Å². The fourth-order valence-corrected chi connectivity index (χ4v) is 1.70. The number of para-hydroxylation sites is 1. The Labute approximate surface area is 108 Å². The van der Waals surface area contributed by atoms with Crippen LogP contribution in [-0.4, -0.2) is 32.5 Å². The summed E-state index contributed by atoms with van der Waals surface area (Å²) in [6.45, 7) is 0.892. The van der Waals surface area contributed by atoms with Gasteiger partial charge in [0.15, 0.2) is 11.5 Å². The molecule has 0 spiro atoms. The van der Waals surface area contributed by atoms with Gasteiger partial charge in [-0.05, 0) is 31.4 Å². The van der Waals surface area contributed by atoms with Crippen molar-refractivity contribution in [2.45, 2.75) is 25.7 Å². The van der Waals surface area contributed by atoms with Gasteiger partial charge in [-0.1, -0.05) is 12.5 Å². The van der Waals surface area contributed by atoms with E-state index in [1.807, 2.05) is 18.2 Å². The Morgan fingerprint density at radius 2 is 1.56 bits per heavy atom. The second kappa shape index (κ2) is 8.64. The molecule has 102 valence electrons. The van der Waals surface area contributed by atoms with Crippen molar-refractivity contribution in [3.63, 3.8) is 0 Å². The Balaban J connectivity index is 2.45. The highest BCUT2D eigenvalue weighted by molar-refractivity contribution is 5.51. The third-order valence-electron chi connectivity index (χ3n) is 2.68. The number of benzene rings is 1. The molecule has 0 radical (unpaired) electrons. The zero-order chi connectivity index (χ0) is 13.2. The quantitative estimate of drug-likeness (QED) is 0.688. The minimum absolute atomic E-state index is 0.265. The molecule has 4 heteroatoms. The summed E-state index contributed by atoms with van der Waals surface area (Å²) in [5, 5.41) is 8.67. The molecule has 0 amide bonds. The zero-order valence-corrected chi connectivity index (χ0v) is 11.1. The highest BCUT2D eigenvalue weighted by Gasteiger charge is 2.10. The van der Waals surface area contributed by atoms with Gasteiger partial charge in [-0.3, -0.25) is 0 Å². The van der Waals surface area contributed by atoms with E-state index in [2.05, 4.69) is 0 Å². The Morgan fingerprint density at radius 3 is 2.11 bits per heavy atom. The normalized spacial score (nSPS) is 10.2. The maximum atomic E-state index is 8.67. The van der Waals surface area contributed by atoms with Crippen molar-refractivity contribution >= 4 is 0 Å². The van der Waals surface area contributed by atoms with Crippen molar-refractivity contribution < 1.29 is 19.3 Å². The molecule has 1 rings (SSSR count). The van der Waals surface area contributed by atoms with Crippen LogP contribution in [0.1, 0.15) is 25.7 Å². The molecule has 0 aliphatic rings. The molecule has 0 aromatic heterocycles. The summed E-state index contributed by atoms with van der Waals surface area (Å²) in [5.74, 6) is 2.03. The highest BCUT2D eigenvalue weighted by Crippen LogP contribution is 2.36. The van der Waals surface area contributed by atoms with Gasteiger partial charge in [0.1, 0.15) is 0 Å². The Hall–Kier alpha value is -1.42. The fourth-order valence-electron chi connectivity index (χ4n) is 1.70. The minimum atomic E-state index is 0.265. The maximum absolute atomic E-state index is 8.67. The molecule has 0 atom stereocenters. The molecule has 0 unspecified atom stereocenters. The molecule has 1 aromatic carbocycles.